The molecule has 0 aliphatic rings. The Labute approximate surface area is 162 Å². The van der Waals surface area contributed by atoms with Crippen LogP contribution in [0.5, 0.6) is 0 Å². The first-order valence-electron chi connectivity index (χ1n) is 8.93. The molecule has 0 unspecified atom stereocenters. The minimum atomic E-state index is -0.265. The number of thioether (sulfide) groups is 1. The van der Waals surface area contributed by atoms with E-state index in [1.807, 2.05) is 35.0 Å². The average Bonchev–Trinajstić information content (AvgIpc) is 3.07. The summed E-state index contributed by atoms with van der Waals surface area (Å²) in [5.41, 5.74) is 3.70. The van der Waals surface area contributed by atoms with Gasteiger partial charge in [0.15, 0.2) is 0 Å². The standard InChI is InChI=1S/C22H20FN3S/c1-15(2)13-27-22-20-19(16-7-4-3-5-8-16)12-26(21(20)24-14-25-22)18-10-6-9-17(23)11-18/h3-12,14-15H,13H2,1-2H3. The first-order chi connectivity index (χ1) is 13.1. The first-order valence-corrected chi connectivity index (χ1v) is 9.92. The Balaban J connectivity index is 1.97. The third-order valence-corrected chi connectivity index (χ3v) is 5.69. The topological polar surface area (TPSA) is 30.7 Å². The summed E-state index contributed by atoms with van der Waals surface area (Å²) in [6.07, 6.45) is 3.62. The van der Waals surface area contributed by atoms with Crippen LogP contribution in [0.4, 0.5) is 4.39 Å². The highest BCUT2D eigenvalue weighted by Crippen LogP contribution is 2.37. The third-order valence-electron chi connectivity index (χ3n) is 4.27. The van der Waals surface area contributed by atoms with E-state index < -0.39 is 0 Å². The summed E-state index contributed by atoms with van der Waals surface area (Å²) in [6.45, 7) is 4.39. The van der Waals surface area contributed by atoms with Crippen LogP contribution in [-0.4, -0.2) is 20.3 Å². The summed E-state index contributed by atoms with van der Waals surface area (Å²) >= 11 is 1.74. The molecule has 2 aromatic heterocycles. The van der Waals surface area contributed by atoms with Crippen molar-refractivity contribution in [1.29, 1.82) is 0 Å². The van der Waals surface area contributed by atoms with E-state index >= 15 is 0 Å². The largest absolute Gasteiger partial charge is 0.300 e. The number of fused-ring (bicyclic) bond motifs is 1. The second-order valence-electron chi connectivity index (χ2n) is 6.84. The minimum absolute atomic E-state index is 0.265. The Kier molecular flexibility index (Phi) is 4.94. The van der Waals surface area contributed by atoms with E-state index in [4.69, 9.17) is 0 Å². The molecule has 4 aromatic rings. The molecule has 0 aliphatic heterocycles. The monoisotopic (exact) mass is 377 g/mol. The molecule has 0 radical (unpaired) electrons. The molecule has 2 aromatic carbocycles. The fraction of sp³-hybridized carbons (Fsp3) is 0.182. The Hall–Kier alpha value is -2.66. The second-order valence-corrected chi connectivity index (χ2v) is 7.85. The van der Waals surface area contributed by atoms with Crippen molar-refractivity contribution < 1.29 is 4.39 Å². The molecule has 0 atom stereocenters. The summed E-state index contributed by atoms with van der Waals surface area (Å²) in [7, 11) is 0. The summed E-state index contributed by atoms with van der Waals surface area (Å²) in [6, 6.07) is 16.8. The Morgan fingerprint density at radius 3 is 2.59 bits per heavy atom. The normalized spacial score (nSPS) is 11.4. The van der Waals surface area contributed by atoms with Gasteiger partial charge < -0.3 is 4.57 Å². The van der Waals surface area contributed by atoms with E-state index in [2.05, 4.69) is 35.9 Å². The number of hydrogen-bond donors (Lipinski definition) is 0. The van der Waals surface area contributed by atoms with Crippen LogP contribution >= 0.6 is 11.8 Å². The fourth-order valence-electron chi connectivity index (χ4n) is 3.05. The molecular formula is C22H20FN3S. The number of benzene rings is 2. The van der Waals surface area contributed by atoms with Crippen LogP contribution in [0.2, 0.25) is 0 Å². The number of nitrogens with zero attached hydrogens (tertiary/aromatic N) is 3. The molecule has 2 heterocycles. The number of aromatic nitrogens is 3. The summed E-state index contributed by atoms with van der Waals surface area (Å²) in [5.74, 6) is 1.27. The van der Waals surface area contributed by atoms with Gasteiger partial charge in [0.25, 0.3) is 0 Å². The van der Waals surface area contributed by atoms with Crippen molar-refractivity contribution >= 4 is 22.8 Å². The molecule has 3 nitrogen and oxygen atoms in total. The Bertz CT molecular complexity index is 1070. The third kappa shape index (κ3) is 3.60. The summed E-state index contributed by atoms with van der Waals surface area (Å²) in [5, 5.41) is 1.97. The lowest BCUT2D eigenvalue weighted by Gasteiger charge is -2.07. The Morgan fingerprint density at radius 1 is 1.04 bits per heavy atom. The number of hydrogen-bond acceptors (Lipinski definition) is 3. The van der Waals surface area contributed by atoms with Crippen LogP contribution in [0.1, 0.15) is 13.8 Å². The predicted molar refractivity (Wildman–Crippen MR) is 110 cm³/mol. The fourth-order valence-corrected chi connectivity index (χ4v) is 4.01. The van der Waals surface area contributed by atoms with Crippen molar-refractivity contribution in [3.05, 3.63) is 72.9 Å². The van der Waals surface area contributed by atoms with Gasteiger partial charge in [0.05, 0.1) is 5.39 Å². The maximum absolute atomic E-state index is 13.8. The van der Waals surface area contributed by atoms with Crippen LogP contribution in [-0.2, 0) is 0 Å². The van der Waals surface area contributed by atoms with Gasteiger partial charge in [-0.15, -0.1) is 11.8 Å². The number of halogens is 1. The molecule has 0 N–H and O–H groups in total. The molecule has 136 valence electrons. The lowest BCUT2D eigenvalue weighted by Crippen LogP contribution is -1.96. The van der Waals surface area contributed by atoms with Gasteiger partial charge in [-0.2, -0.15) is 0 Å². The number of rotatable bonds is 5. The quantitative estimate of drug-likeness (QED) is 0.317. The van der Waals surface area contributed by atoms with Crippen molar-refractivity contribution in [3.8, 4) is 16.8 Å². The molecule has 4 rings (SSSR count). The van der Waals surface area contributed by atoms with Crippen molar-refractivity contribution in [3.63, 3.8) is 0 Å². The zero-order valence-corrected chi connectivity index (χ0v) is 16.1. The van der Waals surface area contributed by atoms with E-state index in [1.54, 1.807) is 24.2 Å². The highest BCUT2D eigenvalue weighted by atomic mass is 32.2. The molecule has 0 saturated carbocycles. The van der Waals surface area contributed by atoms with Gasteiger partial charge in [0, 0.05) is 23.2 Å². The maximum atomic E-state index is 13.8. The van der Waals surface area contributed by atoms with Gasteiger partial charge in [-0.25, -0.2) is 14.4 Å². The van der Waals surface area contributed by atoms with Crippen molar-refractivity contribution in [2.24, 2.45) is 5.92 Å². The zero-order chi connectivity index (χ0) is 18.8. The van der Waals surface area contributed by atoms with Gasteiger partial charge in [-0.1, -0.05) is 50.2 Å². The maximum Gasteiger partial charge on any atom is 0.149 e. The smallest absolute Gasteiger partial charge is 0.149 e. The van der Waals surface area contributed by atoms with Crippen molar-refractivity contribution in [2.75, 3.05) is 5.75 Å². The van der Waals surface area contributed by atoms with E-state index in [1.165, 1.54) is 12.1 Å². The van der Waals surface area contributed by atoms with E-state index in [0.717, 1.165) is 38.6 Å². The van der Waals surface area contributed by atoms with Crippen molar-refractivity contribution in [2.45, 2.75) is 18.9 Å². The molecule has 0 spiro atoms. The molecular weight excluding hydrogens is 357 g/mol. The molecule has 0 fully saturated rings. The van der Waals surface area contributed by atoms with Crippen LogP contribution in [0.15, 0.2) is 72.1 Å². The van der Waals surface area contributed by atoms with E-state index in [9.17, 15) is 4.39 Å². The van der Waals surface area contributed by atoms with Crippen LogP contribution in [0.25, 0.3) is 27.8 Å². The van der Waals surface area contributed by atoms with E-state index in [0.29, 0.717) is 5.92 Å². The van der Waals surface area contributed by atoms with Crippen LogP contribution in [0, 0.1) is 11.7 Å². The van der Waals surface area contributed by atoms with E-state index in [-0.39, 0.29) is 5.82 Å². The average molecular weight is 377 g/mol. The molecule has 0 saturated heterocycles. The minimum Gasteiger partial charge on any atom is -0.300 e. The lowest BCUT2D eigenvalue weighted by molar-refractivity contribution is 0.627. The van der Waals surface area contributed by atoms with Gasteiger partial charge in [0.1, 0.15) is 22.8 Å². The zero-order valence-electron chi connectivity index (χ0n) is 15.3. The SMILES string of the molecule is CC(C)CSc1ncnc2c1c(-c1ccccc1)cn2-c1cccc(F)c1. The first kappa shape index (κ1) is 17.7. The highest BCUT2D eigenvalue weighted by molar-refractivity contribution is 7.99. The molecule has 0 aliphatic carbocycles. The molecule has 0 bridgehead atoms. The van der Waals surface area contributed by atoms with Gasteiger partial charge in [0.2, 0.25) is 0 Å². The Morgan fingerprint density at radius 2 is 1.85 bits per heavy atom. The van der Waals surface area contributed by atoms with Gasteiger partial charge in [-0.05, 0) is 29.7 Å². The second kappa shape index (κ2) is 7.53. The molecule has 0 amide bonds. The van der Waals surface area contributed by atoms with Gasteiger partial charge in [-0.3, -0.25) is 0 Å². The molecule has 27 heavy (non-hydrogen) atoms. The van der Waals surface area contributed by atoms with Crippen LogP contribution < -0.4 is 0 Å². The highest BCUT2D eigenvalue weighted by Gasteiger charge is 2.18. The summed E-state index contributed by atoms with van der Waals surface area (Å²) in [4.78, 5) is 9.09. The molecule has 5 heteroatoms. The lowest BCUT2D eigenvalue weighted by atomic mass is 10.1. The summed E-state index contributed by atoms with van der Waals surface area (Å²) < 4.78 is 15.8. The van der Waals surface area contributed by atoms with Crippen molar-refractivity contribution in [1.82, 2.24) is 14.5 Å². The van der Waals surface area contributed by atoms with Gasteiger partial charge >= 0.3 is 0 Å². The predicted octanol–water partition coefficient (Wildman–Crippen LogP) is 5.97. The van der Waals surface area contributed by atoms with Crippen LogP contribution in [0.3, 0.4) is 0 Å².